The molecule has 4 nitrogen and oxygen atoms in total. The fourth-order valence-corrected chi connectivity index (χ4v) is 1.41. The molecule has 1 rings (SSSR count). The van der Waals surface area contributed by atoms with Crippen LogP contribution in [0.25, 0.3) is 0 Å². The Morgan fingerprint density at radius 1 is 1.47 bits per heavy atom. The maximum atomic E-state index is 11.7. The summed E-state index contributed by atoms with van der Waals surface area (Å²) in [5.74, 6) is -1.26. The van der Waals surface area contributed by atoms with Crippen molar-refractivity contribution in [1.82, 2.24) is 4.57 Å². The van der Waals surface area contributed by atoms with Gasteiger partial charge in [0.05, 0.1) is 5.02 Å². The van der Waals surface area contributed by atoms with Crippen LogP contribution in [0.5, 0.6) is 0 Å². The number of aromatic carboxylic acids is 1. The molecule has 82 valence electrons. The highest BCUT2D eigenvalue weighted by molar-refractivity contribution is 6.30. The quantitative estimate of drug-likeness (QED) is 0.801. The molecule has 0 fully saturated rings. The Balaban J connectivity index is 3.57. The van der Waals surface area contributed by atoms with Gasteiger partial charge in [0, 0.05) is 11.7 Å². The van der Waals surface area contributed by atoms with Crippen LogP contribution in [0, 0.1) is 0 Å². The first-order valence-corrected chi connectivity index (χ1v) is 4.77. The van der Waals surface area contributed by atoms with E-state index in [1.165, 1.54) is 10.8 Å². The maximum absolute atomic E-state index is 11.7. The monoisotopic (exact) mass is 229 g/mol. The molecule has 0 aliphatic carbocycles. The molecule has 1 aromatic heterocycles. The minimum absolute atomic E-state index is 0.238. The zero-order chi connectivity index (χ0) is 11.8. The molecule has 0 aliphatic heterocycles. The number of carboxylic acids is 1. The third-order valence-corrected chi connectivity index (χ3v) is 2.14. The molecule has 5 heteroatoms. The number of carbonyl (C=O) groups is 1. The van der Waals surface area contributed by atoms with Crippen molar-refractivity contribution in [3.8, 4) is 0 Å². The van der Waals surface area contributed by atoms with Gasteiger partial charge in [-0.15, -0.1) is 0 Å². The lowest BCUT2D eigenvalue weighted by molar-refractivity contribution is 0.0693. The summed E-state index contributed by atoms with van der Waals surface area (Å²) in [5, 5.41) is 9.05. The molecule has 0 aromatic carbocycles. The Labute approximate surface area is 92.1 Å². The van der Waals surface area contributed by atoms with E-state index in [9.17, 15) is 9.59 Å². The molecule has 0 radical (unpaired) electrons. The lowest BCUT2D eigenvalue weighted by atomic mass is 10.1. The van der Waals surface area contributed by atoms with Crippen LogP contribution in [0.15, 0.2) is 17.1 Å². The van der Waals surface area contributed by atoms with E-state index >= 15 is 0 Å². The lowest BCUT2D eigenvalue weighted by Crippen LogP contribution is -2.36. The first-order valence-electron chi connectivity index (χ1n) is 4.39. The normalized spacial score (nSPS) is 11.5. The fraction of sp³-hybridized carbons (Fsp3) is 0.400. The minimum Gasteiger partial charge on any atom is -0.477 e. The van der Waals surface area contributed by atoms with Gasteiger partial charge in [0.1, 0.15) is 5.56 Å². The summed E-state index contributed by atoms with van der Waals surface area (Å²) in [5.41, 5.74) is -1.34. The number of halogens is 1. The topological polar surface area (TPSA) is 59.3 Å². The van der Waals surface area contributed by atoms with Gasteiger partial charge >= 0.3 is 5.97 Å². The molecule has 1 heterocycles. The molecule has 0 amide bonds. The van der Waals surface area contributed by atoms with Crippen molar-refractivity contribution in [1.29, 1.82) is 0 Å². The van der Waals surface area contributed by atoms with Crippen molar-refractivity contribution in [3.05, 3.63) is 33.2 Å². The van der Waals surface area contributed by atoms with Crippen LogP contribution >= 0.6 is 11.6 Å². The van der Waals surface area contributed by atoms with Crippen LogP contribution in [0.2, 0.25) is 5.02 Å². The summed E-state index contributed by atoms with van der Waals surface area (Å²) in [4.78, 5) is 22.5. The highest BCUT2D eigenvalue weighted by Crippen LogP contribution is 2.15. The maximum Gasteiger partial charge on any atom is 0.341 e. The third kappa shape index (κ3) is 2.39. The van der Waals surface area contributed by atoms with Crippen molar-refractivity contribution in [2.24, 2.45) is 0 Å². The first-order chi connectivity index (χ1) is 6.73. The summed E-state index contributed by atoms with van der Waals surface area (Å²) < 4.78 is 1.32. The van der Waals surface area contributed by atoms with Gasteiger partial charge in [-0.3, -0.25) is 4.79 Å². The predicted octanol–water partition coefficient (Wildman–Crippen LogP) is 1.95. The second-order valence-electron chi connectivity index (χ2n) is 4.22. The Hall–Kier alpha value is -1.29. The Morgan fingerprint density at radius 2 is 2.00 bits per heavy atom. The Kier molecular flexibility index (Phi) is 2.90. The standard InChI is InChI=1S/C10H12ClNO3/c1-10(2,3)12-5-6(11)4-7(8(12)13)9(14)15/h4-5H,1-3H3,(H,14,15). The van der Waals surface area contributed by atoms with Crippen molar-refractivity contribution in [2.45, 2.75) is 26.3 Å². The molecule has 1 N–H and O–H groups in total. The van der Waals surface area contributed by atoms with Gasteiger partial charge in [-0.1, -0.05) is 11.6 Å². The SMILES string of the molecule is CC(C)(C)n1cc(Cl)cc(C(=O)O)c1=O. The summed E-state index contributed by atoms with van der Waals surface area (Å²) in [6.45, 7) is 5.41. The molecular weight excluding hydrogens is 218 g/mol. The number of nitrogens with zero attached hydrogens (tertiary/aromatic N) is 1. The predicted molar refractivity (Wildman–Crippen MR) is 57.7 cm³/mol. The fourth-order valence-electron chi connectivity index (χ4n) is 1.20. The molecule has 0 atom stereocenters. The van der Waals surface area contributed by atoms with Crippen LogP contribution < -0.4 is 5.56 Å². The van der Waals surface area contributed by atoms with Gasteiger partial charge in [0.2, 0.25) is 0 Å². The molecule has 0 saturated heterocycles. The molecule has 0 saturated carbocycles. The molecule has 0 spiro atoms. The van der Waals surface area contributed by atoms with E-state index in [4.69, 9.17) is 16.7 Å². The molecule has 15 heavy (non-hydrogen) atoms. The van der Waals surface area contributed by atoms with E-state index < -0.39 is 17.1 Å². The number of rotatable bonds is 1. The summed E-state index contributed by atoms with van der Waals surface area (Å²) >= 11 is 5.75. The highest BCUT2D eigenvalue weighted by Gasteiger charge is 2.19. The van der Waals surface area contributed by atoms with Crippen LogP contribution in [0.4, 0.5) is 0 Å². The second kappa shape index (κ2) is 3.70. The van der Waals surface area contributed by atoms with E-state index in [1.807, 2.05) is 0 Å². The second-order valence-corrected chi connectivity index (χ2v) is 4.66. The number of pyridine rings is 1. The highest BCUT2D eigenvalue weighted by atomic mass is 35.5. The number of aromatic nitrogens is 1. The van der Waals surface area contributed by atoms with Gasteiger partial charge in [0.25, 0.3) is 5.56 Å². The van der Waals surface area contributed by atoms with E-state index in [1.54, 1.807) is 20.8 Å². The molecular formula is C10H12ClNO3. The first kappa shape index (κ1) is 11.8. The average Bonchev–Trinajstić information content (AvgIpc) is 2.06. The van der Waals surface area contributed by atoms with Crippen molar-refractivity contribution < 1.29 is 9.90 Å². The minimum atomic E-state index is -1.26. The van der Waals surface area contributed by atoms with Crippen LogP contribution in [-0.2, 0) is 5.54 Å². The Morgan fingerprint density at radius 3 is 2.40 bits per heavy atom. The van der Waals surface area contributed by atoms with Gasteiger partial charge in [0.15, 0.2) is 0 Å². The average molecular weight is 230 g/mol. The van der Waals surface area contributed by atoms with Crippen LogP contribution in [0.3, 0.4) is 0 Å². The zero-order valence-corrected chi connectivity index (χ0v) is 9.50. The summed E-state index contributed by atoms with van der Waals surface area (Å²) in [6.07, 6.45) is 1.44. The third-order valence-electron chi connectivity index (χ3n) is 1.94. The number of carboxylic acid groups (broad SMARTS) is 1. The van der Waals surface area contributed by atoms with E-state index in [0.29, 0.717) is 0 Å². The lowest BCUT2D eigenvalue weighted by Gasteiger charge is -2.22. The summed E-state index contributed by atoms with van der Waals surface area (Å²) in [7, 11) is 0. The van der Waals surface area contributed by atoms with E-state index in [-0.39, 0.29) is 10.6 Å². The summed E-state index contributed by atoms with van der Waals surface area (Å²) in [6, 6.07) is 1.16. The zero-order valence-electron chi connectivity index (χ0n) is 8.74. The van der Waals surface area contributed by atoms with Crippen LogP contribution in [0.1, 0.15) is 31.1 Å². The van der Waals surface area contributed by atoms with E-state index in [2.05, 4.69) is 0 Å². The molecule has 0 bridgehead atoms. The number of hydrogen-bond donors (Lipinski definition) is 1. The number of hydrogen-bond acceptors (Lipinski definition) is 2. The van der Waals surface area contributed by atoms with Crippen LogP contribution in [-0.4, -0.2) is 15.6 Å². The largest absolute Gasteiger partial charge is 0.477 e. The van der Waals surface area contributed by atoms with Crippen molar-refractivity contribution in [3.63, 3.8) is 0 Å². The molecule has 0 aliphatic rings. The Bertz CT molecular complexity index is 457. The van der Waals surface area contributed by atoms with Gasteiger partial charge < -0.3 is 9.67 Å². The molecule has 1 aromatic rings. The van der Waals surface area contributed by atoms with Crippen molar-refractivity contribution >= 4 is 17.6 Å². The van der Waals surface area contributed by atoms with Gasteiger partial charge in [-0.05, 0) is 26.8 Å². The van der Waals surface area contributed by atoms with Crippen molar-refractivity contribution in [2.75, 3.05) is 0 Å². The van der Waals surface area contributed by atoms with E-state index in [0.717, 1.165) is 6.07 Å². The smallest absolute Gasteiger partial charge is 0.341 e. The van der Waals surface area contributed by atoms with Gasteiger partial charge in [-0.25, -0.2) is 4.79 Å². The molecule has 0 unspecified atom stereocenters. The van der Waals surface area contributed by atoms with Gasteiger partial charge in [-0.2, -0.15) is 0 Å².